The van der Waals surface area contributed by atoms with E-state index in [2.05, 4.69) is 44.7 Å². The molecule has 1 aliphatic heterocycles. The van der Waals surface area contributed by atoms with Gasteiger partial charge in [-0.2, -0.15) is 4.31 Å². The molecule has 0 aliphatic carbocycles. The Morgan fingerprint density at radius 1 is 0.763 bits per heavy atom. The normalized spacial score (nSPS) is 15.2. The van der Waals surface area contributed by atoms with E-state index in [1.54, 1.807) is 10.4 Å². The van der Waals surface area contributed by atoms with Crippen molar-refractivity contribution in [3.63, 3.8) is 0 Å². The lowest BCUT2D eigenvalue weighted by Gasteiger charge is -2.32. The SMILES string of the molecule is Cc1ccc(-c2nnc(Nc3ccc4ccccc4c3)c3ccccc23)cc1S(=O)(=O)N1CCN(C)CC1. The van der Waals surface area contributed by atoms with Crippen LogP contribution in [0.4, 0.5) is 11.5 Å². The van der Waals surface area contributed by atoms with Crippen molar-refractivity contribution in [2.75, 3.05) is 38.5 Å². The van der Waals surface area contributed by atoms with Gasteiger partial charge in [0.1, 0.15) is 5.69 Å². The lowest BCUT2D eigenvalue weighted by molar-refractivity contribution is 0.222. The topological polar surface area (TPSA) is 78.4 Å². The molecule has 8 heteroatoms. The van der Waals surface area contributed by atoms with Crippen molar-refractivity contribution < 1.29 is 8.42 Å². The summed E-state index contributed by atoms with van der Waals surface area (Å²) >= 11 is 0. The monoisotopic (exact) mass is 523 g/mol. The molecular formula is C30H29N5O2S. The summed E-state index contributed by atoms with van der Waals surface area (Å²) in [6.45, 7) is 4.26. The zero-order valence-corrected chi connectivity index (χ0v) is 22.2. The van der Waals surface area contributed by atoms with Gasteiger partial charge in [-0.15, -0.1) is 10.2 Å². The number of likely N-dealkylation sites (N-methyl/N-ethyl adjacent to an activating group) is 1. The lowest BCUT2D eigenvalue weighted by Crippen LogP contribution is -2.47. The molecule has 1 fully saturated rings. The number of aryl methyl sites for hydroxylation is 1. The Balaban J connectivity index is 1.39. The number of nitrogens with one attached hydrogen (secondary N) is 1. The fraction of sp³-hybridized carbons (Fsp3) is 0.200. The molecule has 0 radical (unpaired) electrons. The number of hydrogen-bond acceptors (Lipinski definition) is 6. The van der Waals surface area contributed by atoms with Crippen LogP contribution in [0.25, 0.3) is 32.8 Å². The van der Waals surface area contributed by atoms with Crippen molar-refractivity contribution in [1.82, 2.24) is 19.4 Å². The summed E-state index contributed by atoms with van der Waals surface area (Å²) in [7, 11) is -1.61. The molecule has 4 aromatic carbocycles. The van der Waals surface area contributed by atoms with E-state index >= 15 is 0 Å². The van der Waals surface area contributed by atoms with Gasteiger partial charge in [-0.3, -0.25) is 0 Å². The van der Waals surface area contributed by atoms with E-state index in [0.717, 1.165) is 46.1 Å². The van der Waals surface area contributed by atoms with Crippen LogP contribution in [0.5, 0.6) is 0 Å². The summed E-state index contributed by atoms with van der Waals surface area (Å²) in [6, 6.07) is 27.9. The molecule has 38 heavy (non-hydrogen) atoms. The standard InChI is InChI=1S/C30H29N5O2S/c1-21-11-12-24(20-28(21)38(36,37)35-17-15-34(2)16-18-35)29-26-9-5-6-10-27(26)30(33-32-29)31-25-14-13-22-7-3-4-8-23(22)19-25/h3-14,19-20H,15-18H2,1-2H3,(H,31,33). The number of sulfonamides is 1. The molecule has 6 rings (SSSR count). The van der Waals surface area contributed by atoms with Crippen LogP contribution < -0.4 is 5.32 Å². The molecule has 1 saturated heterocycles. The van der Waals surface area contributed by atoms with Gasteiger partial charge in [0.05, 0.1) is 4.90 Å². The molecule has 0 spiro atoms. The second-order valence-corrected chi connectivity index (χ2v) is 11.7. The van der Waals surface area contributed by atoms with Gasteiger partial charge in [0.25, 0.3) is 0 Å². The Morgan fingerprint density at radius 2 is 1.47 bits per heavy atom. The highest BCUT2D eigenvalue weighted by Gasteiger charge is 2.29. The van der Waals surface area contributed by atoms with Gasteiger partial charge in [-0.1, -0.05) is 66.7 Å². The molecule has 0 saturated carbocycles. The molecule has 0 unspecified atom stereocenters. The third-order valence-corrected chi connectivity index (χ3v) is 9.28. The van der Waals surface area contributed by atoms with Crippen molar-refractivity contribution >= 4 is 43.1 Å². The Hall–Kier alpha value is -3.85. The number of hydrogen-bond donors (Lipinski definition) is 1. The Kier molecular flexibility index (Phi) is 6.31. The fourth-order valence-electron chi connectivity index (χ4n) is 5.01. The smallest absolute Gasteiger partial charge is 0.243 e. The van der Waals surface area contributed by atoms with Gasteiger partial charge >= 0.3 is 0 Å². The average Bonchev–Trinajstić information content (AvgIpc) is 2.94. The predicted octanol–water partition coefficient (Wildman–Crippen LogP) is 5.44. The maximum Gasteiger partial charge on any atom is 0.243 e. The van der Waals surface area contributed by atoms with Crippen LogP contribution in [0, 0.1) is 6.92 Å². The molecule has 5 aromatic rings. The van der Waals surface area contributed by atoms with E-state index in [4.69, 9.17) is 0 Å². The zero-order chi connectivity index (χ0) is 26.3. The summed E-state index contributed by atoms with van der Waals surface area (Å²) in [5.41, 5.74) is 3.02. The summed E-state index contributed by atoms with van der Waals surface area (Å²) in [6.07, 6.45) is 0. The predicted molar refractivity (Wildman–Crippen MR) is 153 cm³/mol. The number of rotatable bonds is 5. The van der Waals surface area contributed by atoms with Crippen LogP contribution in [0.2, 0.25) is 0 Å². The Labute approximate surface area is 222 Å². The highest BCUT2D eigenvalue weighted by Crippen LogP contribution is 2.34. The minimum Gasteiger partial charge on any atom is -0.338 e. The first-order chi connectivity index (χ1) is 18.4. The molecule has 1 aromatic heterocycles. The van der Waals surface area contributed by atoms with Crippen molar-refractivity contribution in [3.05, 3.63) is 90.5 Å². The maximum atomic E-state index is 13.6. The summed E-state index contributed by atoms with van der Waals surface area (Å²) in [4.78, 5) is 2.47. The second-order valence-electron chi connectivity index (χ2n) is 9.82. The number of nitrogens with zero attached hydrogens (tertiary/aromatic N) is 4. The molecule has 192 valence electrons. The molecule has 0 amide bonds. The summed E-state index contributed by atoms with van der Waals surface area (Å²) in [5.74, 6) is 0.650. The molecule has 0 bridgehead atoms. The van der Waals surface area contributed by atoms with Crippen LogP contribution in [-0.4, -0.2) is 61.0 Å². The minimum atomic E-state index is -3.62. The number of fused-ring (bicyclic) bond motifs is 2. The van der Waals surface area contributed by atoms with E-state index in [1.807, 2.05) is 68.6 Å². The second kappa shape index (κ2) is 9.79. The third-order valence-electron chi connectivity index (χ3n) is 7.24. The molecule has 2 heterocycles. The molecule has 7 nitrogen and oxygen atoms in total. The largest absolute Gasteiger partial charge is 0.338 e. The van der Waals surface area contributed by atoms with Gasteiger partial charge < -0.3 is 10.2 Å². The van der Waals surface area contributed by atoms with Gasteiger partial charge in [0, 0.05) is 48.2 Å². The van der Waals surface area contributed by atoms with Crippen molar-refractivity contribution in [2.24, 2.45) is 0 Å². The molecular weight excluding hydrogens is 494 g/mol. The van der Waals surface area contributed by atoms with Crippen LogP contribution in [-0.2, 0) is 10.0 Å². The van der Waals surface area contributed by atoms with Gasteiger partial charge in [-0.05, 0) is 48.5 Å². The first-order valence-electron chi connectivity index (χ1n) is 12.7. The summed E-state index contributed by atoms with van der Waals surface area (Å²) < 4.78 is 28.7. The van der Waals surface area contributed by atoms with Crippen LogP contribution in [0.1, 0.15) is 5.56 Å². The van der Waals surface area contributed by atoms with E-state index in [9.17, 15) is 8.42 Å². The first kappa shape index (κ1) is 24.5. The van der Waals surface area contributed by atoms with Crippen molar-refractivity contribution in [2.45, 2.75) is 11.8 Å². The third kappa shape index (κ3) is 4.51. The zero-order valence-electron chi connectivity index (χ0n) is 21.4. The number of benzene rings is 4. The highest BCUT2D eigenvalue weighted by atomic mass is 32.2. The van der Waals surface area contributed by atoms with Crippen LogP contribution in [0.15, 0.2) is 89.8 Å². The van der Waals surface area contributed by atoms with Crippen molar-refractivity contribution in [1.29, 1.82) is 0 Å². The number of anilines is 2. The lowest BCUT2D eigenvalue weighted by atomic mass is 10.0. The van der Waals surface area contributed by atoms with Gasteiger partial charge in [0.2, 0.25) is 10.0 Å². The van der Waals surface area contributed by atoms with Crippen LogP contribution >= 0.6 is 0 Å². The number of piperazine rings is 1. The Bertz CT molecular complexity index is 1760. The van der Waals surface area contributed by atoms with Gasteiger partial charge in [0.15, 0.2) is 5.82 Å². The maximum absolute atomic E-state index is 13.6. The quantitative estimate of drug-likeness (QED) is 0.331. The highest BCUT2D eigenvalue weighted by molar-refractivity contribution is 7.89. The summed E-state index contributed by atoms with van der Waals surface area (Å²) in [5, 5.41) is 16.7. The first-order valence-corrected chi connectivity index (χ1v) is 14.2. The van der Waals surface area contributed by atoms with Gasteiger partial charge in [-0.25, -0.2) is 8.42 Å². The fourth-order valence-corrected chi connectivity index (χ4v) is 6.68. The van der Waals surface area contributed by atoms with Crippen molar-refractivity contribution in [3.8, 4) is 11.3 Å². The molecule has 0 atom stereocenters. The van der Waals surface area contributed by atoms with E-state index < -0.39 is 10.0 Å². The Morgan fingerprint density at radius 3 is 2.26 bits per heavy atom. The number of aromatic nitrogens is 2. The molecule has 1 N–H and O–H groups in total. The van der Waals surface area contributed by atoms with Crippen LogP contribution in [0.3, 0.4) is 0 Å². The van der Waals surface area contributed by atoms with E-state index in [1.165, 1.54) is 5.39 Å². The minimum absolute atomic E-state index is 0.323. The van der Waals surface area contributed by atoms with E-state index in [-0.39, 0.29) is 0 Å². The average molecular weight is 524 g/mol. The van der Waals surface area contributed by atoms with E-state index in [0.29, 0.717) is 29.5 Å². The molecule has 1 aliphatic rings.